The molecule has 2 heteroatoms. The molecule has 0 aliphatic rings. The summed E-state index contributed by atoms with van der Waals surface area (Å²) in [5, 5.41) is 1.45. The van der Waals surface area contributed by atoms with E-state index in [2.05, 4.69) is 46.1 Å². The van der Waals surface area contributed by atoms with Crippen LogP contribution in [0, 0.1) is 13.8 Å². The number of hydrogen-bond acceptors (Lipinski definition) is 1. The van der Waals surface area contributed by atoms with Gasteiger partial charge in [0.05, 0.1) is 4.88 Å². The maximum atomic E-state index is 2.48. The lowest BCUT2D eigenvalue weighted by Crippen LogP contribution is -2.38. The summed E-state index contributed by atoms with van der Waals surface area (Å²) in [7, 11) is 0. The molecule has 0 aliphatic carbocycles. The predicted molar refractivity (Wildman–Crippen MR) is 67.6 cm³/mol. The second-order valence-electron chi connectivity index (χ2n) is 5.29. The van der Waals surface area contributed by atoms with Crippen molar-refractivity contribution in [3.63, 3.8) is 0 Å². The molecule has 1 nitrogen and oxygen atoms in total. The zero-order valence-electron chi connectivity index (χ0n) is 11.0. The topological polar surface area (TPSA) is 3.88 Å². The normalized spacial score (nSPS) is 12.1. The number of aryl methyl sites for hydroxylation is 1. The quantitative estimate of drug-likeness (QED) is 0.691. The molecular formula is C13H24NS+. The Morgan fingerprint density at radius 3 is 2.20 bits per heavy atom. The second kappa shape index (κ2) is 4.65. The van der Waals surface area contributed by atoms with Crippen molar-refractivity contribution in [3.05, 3.63) is 15.6 Å². The lowest BCUT2D eigenvalue weighted by Gasteiger charge is -2.14. The standard InChI is InChI=1S/C13H24NS/c1-7-8-9-14-10(2)12(13(4,5)6)15-11(14)3/h7-9H2,1-6H3/q+1. The van der Waals surface area contributed by atoms with E-state index in [-0.39, 0.29) is 5.41 Å². The lowest BCUT2D eigenvalue weighted by atomic mass is 9.93. The highest BCUT2D eigenvalue weighted by atomic mass is 32.1. The number of thiazole rings is 1. The highest BCUT2D eigenvalue weighted by Crippen LogP contribution is 2.29. The second-order valence-corrected chi connectivity index (χ2v) is 6.49. The number of rotatable bonds is 3. The Hall–Kier alpha value is -0.370. The van der Waals surface area contributed by atoms with Gasteiger partial charge in [-0.15, -0.1) is 0 Å². The van der Waals surface area contributed by atoms with Crippen LogP contribution in [0.25, 0.3) is 0 Å². The number of nitrogens with zero attached hydrogens (tertiary/aromatic N) is 1. The largest absolute Gasteiger partial charge is 0.234 e. The SMILES string of the molecule is CCCC[n+]1c(C)sc(C(C)(C)C)c1C. The summed E-state index contributed by atoms with van der Waals surface area (Å²) in [5.74, 6) is 0. The van der Waals surface area contributed by atoms with Crippen molar-refractivity contribution in [3.8, 4) is 0 Å². The number of unbranched alkanes of at least 4 members (excludes halogenated alkanes) is 1. The van der Waals surface area contributed by atoms with Crippen LogP contribution in [0.3, 0.4) is 0 Å². The Balaban J connectivity index is 3.04. The van der Waals surface area contributed by atoms with E-state index in [1.165, 1.54) is 35.0 Å². The van der Waals surface area contributed by atoms with E-state index in [4.69, 9.17) is 0 Å². The molecule has 0 amide bonds. The van der Waals surface area contributed by atoms with Crippen molar-refractivity contribution in [1.29, 1.82) is 0 Å². The fraction of sp³-hybridized carbons (Fsp3) is 0.769. The molecule has 1 aromatic rings. The molecule has 0 saturated carbocycles. The molecule has 1 rings (SSSR count). The first-order valence-electron chi connectivity index (χ1n) is 5.88. The molecule has 0 fully saturated rings. The van der Waals surface area contributed by atoms with Crippen LogP contribution >= 0.6 is 11.3 Å². The molecule has 0 spiro atoms. The summed E-state index contributed by atoms with van der Waals surface area (Å²) in [6, 6.07) is 0. The van der Waals surface area contributed by atoms with E-state index in [0.29, 0.717) is 0 Å². The Morgan fingerprint density at radius 1 is 1.20 bits per heavy atom. The van der Waals surface area contributed by atoms with Crippen LogP contribution in [-0.4, -0.2) is 0 Å². The van der Waals surface area contributed by atoms with Gasteiger partial charge < -0.3 is 0 Å². The third-order valence-electron chi connectivity index (χ3n) is 2.78. The van der Waals surface area contributed by atoms with Gasteiger partial charge in [-0.3, -0.25) is 0 Å². The van der Waals surface area contributed by atoms with E-state index in [1.54, 1.807) is 0 Å². The van der Waals surface area contributed by atoms with Gasteiger partial charge in [0.2, 0.25) is 5.01 Å². The van der Waals surface area contributed by atoms with Crippen molar-refractivity contribution >= 4 is 11.3 Å². The molecular weight excluding hydrogens is 202 g/mol. The molecule has 0 saturated heterocycles. The number of aromatic nitrogens is 1. The van der Waals surface area contributed by atoms with Crippen molar-refractivity contribution in [2.75, 3.05) is 0 Å². The average molecular weight is 226 g/mol. The highest BCUT2D eigenvalue weighted by molar-refractivity contribution is 7.11. The zero-order valence-corrected chi connectivity index (χ0v) is 11.8. The van der Waals surface area contributed by atoms with Gasteiger partial charge in [-0.25, -0.2) is 0 Å². The Morgan fingerprint density at radius 2 is 1.80 bits per heavy atom. The van der Waals surface area contributed by atoms with Gasteiger partial charge in [0.25, 0.3) is 0 Å². The Kier molecular flexibility index (Phi) is 3.93. The zero-order chi connectivity index (χ0) is 11.6. The summed E-state index contributed by atoms with van der Waals surface area (Å²) >= 11 is 1.96. The van der Waals surface area contributed by atoms with Crippen LogP contribution < -0.4 is 4.57 Å². The first-order chi connectivity index (χ1) is 6.88. The molecule has 0 atom stereocenters. The average Bonchev–Trinajstić information content (AvgIpc) is 2.39. The molecule has 86 valence electrons. The minimum absolute atomic E-state index is 0.289. The van der Waals surface area contributed by atoms with Crippen LogP contribution in [0.2, 0.25) is 0 Å². The molecule has 0 unspecified atom stereocenters. The summed E-state index contributed by atoms with van der Waals surface area (Å²) in [5.41, 5.74) is 1.76. The minimum Gasteiger partial charge on any atom is -0.190 e. The third-order valence-corrected chi connectivity index (χ3v) is 4.41. The molecule has 0 radical (unpaired) electrons. The maximum absolute atomic E-state index is 2.48. The molecule has 1 aromatic heterocycles. The van der Waals surface area contributed by atoms with Crippen molar-refractivity contribution in [1.82, 2.24) is 0 Å². The van der Waals surface area contributed by atoms with Crippen LogP contribution in [0.1, 0.15) is 56.1 Å². The third kappa shape index (κ3) is 2.81. The van der Waals surface area contributed by atoms with Gasteiger partial charge in [-0.2, -0.15) is 4.57 Å². The molecule has 0 bridgehead atoms. The highest BCUT2D eigenvalue weighted by Gasteiger charge is 2.27. The van der Waals surface area contributed by atoms with Crippen molar-refractivity contribution in [2.24, 2.45) is 0 Å². The molecule has 1 heterocycles. The van der Waals surface area contributed by atoms with E-state index < -0.39 is 0 Å². The fourth-order valence-corrected chi connectivity index (χ4v) is 3.17. The monoisotopic (exact) mass is 226 g/mol. The van der Waals surface area contributed by atoms with Crippen LogP contribution in [0.5, 0.6) is 0 Å². The van der Waals surface area contributed by atoms with Crippen molar-refractivity contribution < 1.29 is 4.57 Å². The number of hydrogen-bond donors (Lipinski definition) is 0. The van der Waals surface area contributed by atoms with E-state index in [1.807, 2.05) is 11.3 Å². The van der Waals surface area contributed by atoms with Gasteiger partial charge in [0, 0.05) is 25.7 Å². The summed E-state index contributed by atoms with van der Waals surface area (Å²) in [6.45, 7) is 14.8. The molecule has 0 aliphatic heterocycles. The molecule has 15 heavy (non-hydrogen) atoms. The minimum atomic E-state index is 0.289. The lowest BCUT2D eigenvalue weighted by molar-refractivity contribution is -0.704. The summed E-state index contributed by atoms with van der Waals surface area (Å²) in [6.07, 6.45) is 2.55. The van der Waals surface area contributed by atoms with E-state index in [0.717, 1.165) is 0 Å². The fourth-order valence-electron chi connectivity index (χ4n) is 1.97. The van der Waals surface area contributed by atoms with Crippen LogP contribution in [0.15, 0.2) is 0 Å². The van der Waals surface area contributed by atoms with Crippen molar-refractivity contribution in [2.45, 2.75) is 66.3 Å². The maximum Gasteiger partial charge on any atom is 0.234 e. The Labute approximate surface area is 98.2 Å². The van der Waals surface area contributed by atoms with Gasteiger partial charge in [0.15, 0.2) is 5.69 Å². The van der Waals surface area contributed by atoms with E-state index in [9.17, 15) is 0 Å². The summed E-state index contributed by atoms with van der Waals surface area (Å²) < 4.78 is 2.48. The predicted octanol–water partition coefficient (Wildman–Crippen LogP) is 3.75. The molecule has 0 N–H and O–H groups in total. The first-order valence-corrected chi connectivity index (χ1v) is 6.70. The smallest absolute Gasteiger partial charge is 0.190 e. The van der Waals surface area contributed by atoms with Gasteiger partial charge in [0.1, 0.15) is 6.54 Å². The first kappa shape index (κ1) is 12.7. The van der Waals surface area contributed by atoms with Crippen LogP contribution in [0.4, 0.5) is 0 Å². The van der Waals surface area contributed by atoms with Crippen LogP contribution in [-0.2, 0) is 12.0 Å². The van der Waals surface area contributed by atoms with Gasteiger partial charge >= 0.3 is 0 Å². The van der Waals surface area contributed by atoms with Gasteiger partial charge in [-0.1, -0.05) is 45.5 Å². The van der Waals surface area contributed by atoms with Gasteiger partial charge in [-0.05, 0) is 0 Å². The Bertz CT molecular complexity index is 331. The summed E-state index contributed by atoms with van der Waals surface area (Å²) in [4.78, 5) is 1.54. The van der Waals surface area contributed by atoms with E-state index >= 15 is 0 Å². The molecule has 0 aromatic carbocycles.